The van der Waals surface area contributed by atoms with E-state index >= 15 is 0 Å². The molecular weight excluding hydrogens is 256 g/mol. The van der Waals surface area contributed by atoms with Crippen LogP contribution in [-0.2, 0) is 9.59 Å². The van der Waals surface area contributed by atoms with E-state index in [1.807, 2.05) is 0 Å². The molecule has 0 aliphatic carbocycles. The van der Waals surface area contributed by atoms with Gasteiger partial charge >= 0.3 is 23.5 Å². The predicted octanol–water partition coefficient (Wildman–Crippen LogP) is 1.02. The first kappa shape index (κ1) is 12.8. The molecule has 1 aromatic heterocycles. The summed E-state index contributed by atoms with van der Waals surface area (Å²) in [6.07, 6.45) is 0.124. The summed E-state index contributed by atoms with van der Waals surface area (Å²) in [7, 11) is 0. The number of carbonyl (C=O) groups excluding carboxylic acids is 1. The lowest BCUT2D eigenvalue weighted by Crippen LogP contribution is -2.14. The fourth-order valence-electron chi connectivity index (χ4n) is 0.893. The molecule has 0 aliphatic rings. The number of aliphatic carboxylic acids is 1. The maximum absolute atomic E-state index is 11.0. The van der Waals surface area contributed by atoms with Gasteiger partial charge in [-0.1, -0.05) is 11.6 Å². The molecule has 1 N–H and O–H groups in total. The quantitative estimate of drug-likeness (QED) is 0.371. The number of ether oxygens (including phenoxy) is 1. The van der Waals surface area contributed by atoms with Crippen molar-refractivity contribution in [2.45, 2.75) is 6.42 Å². The molecule has 0 fully saturated rings. The van der Waals surface area contributed by atoms with E-state index in [-0.39, 0.29) is 5.02 Å². The Hall–Kier alpha value is -2.22. The minimum atomic E-state index is -1.41. The van der Waals surface area contributed by atoms with Gasteiger partial charge in [0.2, 0.25) is 0 Å². The third kappa shape index (κ3) is 3.68. The largest absolute Gasteiger partial charge is 0.481 e. The lowest BCUT2D eigenvalue weighted by molar-refractivity contribution is -0.386. The van der Waals surface area contributed by atoms with E-state index in [0.717, 1.165) is 12.3 Å². The fourth-order valence-corrected chi connectivity index (χ4v) is 1.05. The van der Waals surface area contributed by atoms with Crippen LogP contribution in [0, 0.1) is 10.1 Å². The first-order chi connectivity index (χ1) is 7.90. The van der Waals surface area contributed by atoms with Crippen LogP contribution in [0.5, 0.6) is 5.88 Å². The maximum Gasteiger partial charge on any atom is 0.332 e. The molecule has 0 spiro atoms. The van der Waals surface area contributed by atoms with Crippen LogP contribution in [0.3, 0.4) is 0 Å². The van der Waals surface area contributed by atoms with Crippen LogP contribution in [0.1, 0.15) is 6.42 Å². The second kappa shape index (κ2) is 5.21. The van der Waals surface area contributed by atoms with Crippen molar-refractivity contribution in [3.05, 3.63) is 27.4 Å². The first-order valence-electron chi connectivity index (χ1n) is 4.12. The zero-order valence-electron chi connectivity index (χ0n) is 8.12. The van der Waals surface area contributed by atoms with E-state index < -0.39 is 34.9 Å². The summed E-state index contributed by atoms with van der Waals surface area (Å²) >= 11 is 5.48. The summed E-state index contributed by atoms with van der Waals surface area (Å²) in [6.45, 7) is 0. The standard InChI is InChI=1S/C8H5ClN2O6/c9-4-1-5(11(15)16)8(10-3-4)17-7(14)2-6(12)13/h1,3H,2H2,(H,12,13). The molecule has 0 bridgehead atoms. The number of rotatable bonds is 4. The third-order valence-electron chi connectivity index (χ3n) is 1.50. The first-order valence-corrected chi connectivity index (χ1v) is 4.50. The summed E-state index contributed by atoms with van der Waals surface area (Å²) in [5.41, 5.74) is -0.615. The van der Waals surface area contributed by atoms with Crippen molar-refractivity contribution in [2.24, 2.45) is 0 Å². The highest BCUT2D eigenvalue weighted by molar-refractivity contribution is 6.30. The number of halogens is 1. The van der Waals surface area contributed by atoms with Gasteiger partial charge in [-0.3, -0.25) is 19.7 Å². The number of carboxylic acid groups (broad SMARTS) is 1. The topological polar surface area (TPSA) is 120 Å². The molecule has 0 aliphatic heterocycles. The Morgan fingerprint density at radius 1 is 1.59 bits per heavy atom. The highest BCUT2D eigenvalue weighted by Gasteiger charge is 2.21. The molecule has 0 amide bonds. The average Bonchev–Trinajstić information content (AvgIpc) is 2.19. The van der Waals surface area contributed by atoms with E-state index in [0.29, 0.717) is 0 Å². The van der Waals surface area contributed by atoms with Gasteiger partial charge in [0.05, 0.1) is 16.1 Å². The minimum Gasteiger partial charge on any atom is -0.481 e. The minimum absolute atomic E-state index is 0.00488. The molecule has 9 heteroatoms. The number of aromatic nitrogens is 1. The van der Waals surface area contributed by atoms with Crippen molar-refractivity contribution >= 4 is 29.2 Å². The summed E-state index contributed by atoms with van der Waals surface area (Å²) in [4.78, 5) is 34.3. The van der Waals surface area contributed by atoms with E-state index in [4.69, 9.17) is 16.7 Å². The average molecular weight is 261 g/mol. The van der Waals surface area contributed by atoms with Gasteiger partial charge < -0.3 is 9.84 Å². The molecule has 0 atom stereocenters. The SMILES string of the molecule is O=C(O)CC(=O)Oc1ncc(Cl)cc1[N+](=O)[O-]. The number of nitro groups is 1. The lowest BCUT2D eigenvalue weighted by Gasteiger charge is -2.02. The number of nitrogens with zero attached hydrogens (tertiary/aromatic N) is 2. The van der Waals surface area contributed by atoms with E-state index in [1.54, 1.807) is 0 Å². The number of hydrogen-bond donors (Lipinski definition) is 1. The summed E-state index contributed by atoms with van der Waals surface area (Å²) < 4.78 is 4.44. The number of esters is 1. The van der Waals surface area contributed by atoms with Crippen molar-refractivity contribution in [1.29, 1.82) is 0 Å². The Labute approximate surface area is 98.9 Å². The maximum atomic E-state index is 11.0. The Morgan fingerprint density at radius 3 is 2.76 bits per heavy atom. The predicted molar refractivity (Wildman–Crippen MR) is 53.8 cm³/mol. The number of pyridine rings is 1. The second-order valence-electron chi connectivity index (χ2n) is 2.78. The summed E-state index contributed by atoms with van der Waals surface area (Å²) in [5, 5.41) is 18.9. The molecule has 0 unspecified atom stereocenters. The van der Waals surface area contributed by atoms with E-state index in [9.17, 15) is 19.7 Å². The number of carboxylic acids is 1. The zero-order chi connectivity index (χ0) is 13.0. The fraction of sp³-hybridized carbons (Fsp3) is 0.125. The van der Waals surface area contributed by atoms with Crippen LogP contribution in [0.4, 0.5) is 5.69 Å². The van der Waals surface area contributed by atoms with Gasteiger partial charge in [0, 0.05) is 6.07 Å². The third-order valence-corrected chi connectivity index (χ3v) is 1.71. The lowest BCUT2D eigenvalue weighted by atomic mass is 10.4. The molecular formula is C8H5ClN2O6. The Morgan fingerprint density at radius 2 is 2.24 bits per heavy atom. The highest BCUT2D eigenvalue weighted by Crippen LogP contribution is 2.27. The normalized spacial score (nSPS) is 9.71. The molecule has 1 rings (SSSR count). The number of hydrogen-bond acceptors (Lipinski definition) is 6. The summed E-state index contributed by atoms with van der Waals surface area (Å²) in [6, 6.07) is 0.942. The Kier molecular flexibility index (Phi) is 3.94. The van der Waals surface area contributed by atoms with Crippen molar-refractivity contribution < 1.29 is 24.4 Å². The van der Waals surface area contributed by atoms with Crippen LogP contribution >= 0.6 is 11.6 Å². The van der Waals surface area contributed by atoms with Gasteiger partial charge in [-0.2, -0.15) is 0 Å². The van der Waals surface area contributed by atoms with Crippen LogP contribution in [0.25, 0.3) is 0 Å². The Bertz CT molecular complexity index is 489. The molecule has 0 saturated carbocycles. The van der Waals surface area contributed by atoms with Gasteiger partial charge in [0.15, 0.2) is 0 Å². The van der Waals surface area contributed by atoms with Crippen molar-refractivity contribution in [1.82, 2.24) is 4.98 Å². The smallest absolute Gasteiger partial charge is 0.332 e. The molecule has 0 aromatic carbocycles. The van der Waals surface area contributed by atoms with Gasteiger partial charge in [-0.05, 0) is 0 Å². The summed E-state index contributed by atoms with van der Waals surface area (Å²) in [5.74, 6) is -3.16. The van der Waals surface area contributed by atoms with Crippen LogP contribution in [0.15, 0.2) is 12.3 Å². The molecule has 17 heavy (non-hydrogen) atoms. The molecule has 90 valence electrons. The van der Waals surface area contributed by atoms with E-state index in [2.05, 4.69) is 9.72 Å². The van der Waals surface area contributed by atoms with Crippen LogP contribution in [-0.4, -0.2) is 27.0 Å². The van der Waals surface area contributed by atoms with Gasteiger partial charge in [0.25, 0.3) is 0 Å². The van der Waals surface area contributed by atoms with Crippen molar-refractivity contribution in [3.8, 4) is 5.88 Å². The molecule has 1 aromatic rings. The van der Waals surface area contributed by atoms with Gasteiger partial charge in [-0.25, -0.2) is 4.98 Å². The molecule has 0 saturated heterocycles. The van der Waals surface area contributed by atoms with Gasteiger partial charge in [-0.15, -0.1) is 0 Å². The van der Waals surface area contributed by atoms with Crippen LogP contribution in [0.2, 0.25) is 5.02 Å². The van der Waals surface area contributed by atoms with E-state index in [1.165, 1.54) is 0 Å². The van der Waals surface area contributed by atoms with Gasteiger partial charge in [0.1, 0.15) is 6.42 Å². The number of carbonyl (C=O) groups is 2. The second-order valence-corrected chi connectivity index (χ2v) is 3.22. The molecule has 1 heterocycles. The molecule has 8 nitrogen and oxygen atoms in total. The Balaban J connectivity index is 2.94. The van der Waals surface area contributed by atoms with Crippen molar-refractivity contribution in [2.75, 3.05) is 0 Å². The zero-order valence-corrected chi connectivity index (χ0v) is 8.88. The highest BCUT2D eigenvalue weighted by atomic mass is 35.5. The molecule has 0 radical (unpaired) electrons. The monoisotopic (exact) mass is 260 g/mol. The van der Waals surface area contributed by atoms with Crippen molar-refractivity contribution in [3.63, 3.8) is 0 Å². The van der Waals surface area contributed by atoms with Crippen LogP contribution < -0.4 is 4.74 Å².